The van der Waals surface area contributed by atoms with Crippen LogP contribution in [0.2, 0.25) is 0 Å². The zero-order chi connectivity index (χ0) is 14.5. The van der Waals surface area contributed by atoms with E-state index in [9.17, 15) is 9.59 Å². The zero-order valence-corrected chi connectivity index (χ0v) is 11.3. The first kappa shape index (κ1) is 14.3. The van der Waals surface area contributed by atoms with Crippen LogP contribution in [0, 0.1) is 6.92 Å². The van der Waals surface area contributed by atoms with Gasteiger partial charge in [0.2, 0.25) is 0 Å². The molecule has 1 amide bonds. The monoisotopic (exact) mass is 275 g/mol. The fourth-order valence-corrected chi connectivity index (χ4v) is 2.15. The van der Waals surface area contributed by atoms with E-state index >= 15 is 0 Å². The van der Waals surface area contributed by atoms with Crippen LogP contribution in [0.3, 0.4) is 0 Å². The molecule has 2 rings (SSSR count). The van der Waals surface area contributed by atoms with Crippen molar-refractivity contribution in [1.29, 1.82) is 0 Å². The molecule has 1 aliphatic rings. The van der Waals surface area contributed by atoms with E-state index in [1.165, 1.54) is 6.08 Å². The molecule has 0 bridgehead atoms. The summed E-state index contributed by atoms with van der Waals surface area (Å²) in [5.41, 5.74) is 2.22. The van der Waals surface area contributed by atoms with Gasteiger partial charge in [-0.1, -0.05) is 6.07 Å². The van der Waals surface area contributed by atoms with Crippen molar-refractivity contribution >= 4 is 18.0 Å². The van der Waals surface area contributed by atoms with Crippen LogP contribution in [0.5, 0.6) is 0 Å². The third kappa shape index (κ3) is 3.68. The number of rotatable bonds is 3. The molecule has 1 aromatic carbocycles. The van der Waals surface area contributed by atoms with Gasteiger partial charge in [0.15, 0.2) is 0 Å². The molecule has 1 saturated heterocycles. The number of aryl methyl sites for hydroxylation is 1. The van der Waals surface area contributed by atoms with Crippen LogP contribution in [0.4, 0.5) is 0 Å². The van der Waals surface area contributed by atoms with Gasteiger partial charge in [-0.15, -0.1) is 0 Å². The van der Waals surface area contributed by atoms with Gasteiger partial charge in [-0.3, -0.25) is 4.79 Å². The van der Waals surface area contributed by atoms with Gasteiger partial charge in [0.05, 0.1) is 13.2 Å². The molecule has 1 N–H and O–H groups in total. The molecule has 106 valence electrons. The third-order valence-electron chi connectivity index (χ3n) is 3.06. The lowest BCUT2D eigenvalue weighted by molar-refractivity contribution is -0.131. The van der Waals surface area contributed by atoms with Gasteiger partial charge in [0.25, 0.3) is 5.91 Å². The number of hydrogen-bond acceptors (Lipinski definition) is 3. The average Bonchev–Trinajstić information content (AvgIpc) is 2.44. The Bertz CT molecular complexity index is 545. The number of carboxylic acid groups (broad SMARTS) is 1. The number of carbonyl (C=O) groups is 2. The fourth-order valence-electron chi connectivity index (χ4n) is 2.15. The highest BCUT2D eigenvalue weighted by atomic mass is 16.5. The SMILES string of the molecule is Cc1cc(/C=C/C(=O)O)cc(C(=O)N2CCOCC2)c1. The Kier molecular flexibility index (Phi) is 4.53. The summed E-state index contributed by atoms with van der Waals surface area (Å²) in [5, 5.41) is 8.65. The number of carbonyl (C=O) groups excluding carboxylic acids is 1. The number of amides is 1. The van der Waals surface area contributed by atoms with Crippen molar-refractivity contribution in [2.45, 2.75) is 6.92 Å². The van der Waals surface area contributed by atoms with E-state index in [-0.39, 0.29) is 5.91 Å². The van der Waals surface area contributed by atoms with Crippen molar-refractivity contribution in [2.24, 2.45) is 0 Å². The minimum Gasteiger partial charge on any atom is -0.478 e. The Morgan fingerprint density at radius 2 is 1.95 bits per heavy atom. The fraction of sp³-hybridized carbons (Fsp3) is 0.333. The van der Waals surface area contributed by atoms with Crippen molar-refractivity contribution in [2.75, 3.05) is 26.3 Å². The summed E-state index contributed by atoms with van der Waals surface area (Å²) in [6, 6.07) is 5.37. The second-order valence-electron chi connectivity index (χ2n) is 4.71. The topological polar surface area (TPSA) is 66.8 Å². The van der Waals surface area contributed by atoms with Crippen molar-refractivity contribution in [1.82, 2.24) is 4.90 Å². The maximum absolute atomic E-state index is 12.4. The first-order valence-electron chi connectivity index (χ1n) is 6.46. The first-order valence-corrected chi connectivity index (χ1v) is 6.46. The maximum atomic E-state index is 12.4. The summed E-state index contributed by atoms with van der Waals surface area (Å²) in [4.78, 5) is 24.7. The maximum Gasteiger partial charge on any atom is 0.328 e. The van der Waals surface area contributed by atoms with Crippen LogP contribution < -0.4 is 0 Å². The number of nitrogens with zero attached hydrogens (tertiary/aromatic N) is 1. The smallest absolute Gasteiger partial charge is 0.328 e. The highest BCUT2D eigenvalue weighted by Crippen LogP contribution is 2.14. The van der Waals surface area contributed by atoms with Crippen LogP contribution in [-0.2, 0) is 9.53 Å². The van der Waals surface area contributed by atoms with Crippen LogP contribution in [0.1, 0.15) is 21.5 Å². The van der Waals surface area contributed by atoms with E-state index in [1.54, 1.807) is 11.0 Å². The summed E-state index contributed by atoms with van der Waals surface area (Å²) >= 11 is 0. The van der Waals surface area contributed by atoms with E-state index < -0.39 is 5.97 Å². The Balaban J connectivity index is 2.22. The van der Waals surface area contributed by atoms with Crippen molar-refractivity contribution in [3.63, 3.8) is 0 Å². The number of benzene rings is 1. The van der Waals surface area contributed by atoms with E-state index in [1.807, 2.05) is 19.1 Å². The molecule has 0 aliphatic carbocycles. The molecular weight excluding hydrogens is 258 g/mol. The molecule has 1 heterocycles. The summed E-state index contributed by atoms with van der Waals surface area (Å²) in [6.07, 6.45) is 2.56. The Morgan fingerprint density at radius 1 is 1.25 bits per heavy atom. The third-order valence-corrected chi connectivity index (χ3v) is 3.06. The zero-order valence-electron chi connectivity index (χ0n) is 11.3. The minimum atomic E-state index is -1.01. The van der Waals surface area contributed by atoms with Gasteiger partial charge in [-0.2, -0.15) is 0 Å². The molecule has 0 unspecified atom stereocenters. The lowest BCUT2D eigenvalue weighted by Crippen LogP contribution is -2.40. The van der Waals surface area contributed by atoms with Crippen LogP contribution in [0.15, 0.2) is 24.3 Å². The second kappa shape index (κ2) is 6.34. The van der Waals surface area contributed by atoms with E-state index in [0.717, 1.165) is 11.6 Å². The van der Waals surface area contributed by atoms with Gasteiger partial charge in [-0.25, -0.2) is 4.79 Å². The predicted octanol–water partition coefficient (Wildman–Crippen LogP) is 1.57. The molecule has 0 radical (unpaired) electrons. The quantitative estimate of drug-likeness (QED) is 0.850. The summed E-state index contributed by atoms with van der Waals surface area (Å²) in [6.45, 7) is 4.18. The second-order valence-corrected chi connectivity index (χ2v) is 4.71. The van der Waals surface area contributed by atoms with Crippen LogP contribution >= 0.6 is 0 Å². The lowest BCUT2D eigenvalue weighted by Gasteiger charge is -2.27. The van der Waals surface area contributed by atoms with E-state index in [4.69, 9.17) is 9.84 Å². The van der Waals surface area contributed by atoms with Crippen molar-refractivity contribution in [3.05, 3.63) is 41.0 Å². The van der Waals surface area contributed by atoms with Gasteiger partial charge < -0.3 is 14.7 Å². The number of aliphatic carboxylic acids is 1. The number of carboxylic acids is 1. The standard InChI is InChI=1S/C15H17NO4/c1-11-8-12(2-3-14(17)18)10-13(9-11)15(19)16-4-6-20-7-5-16/h2-3,8-10H,4-7H2,1H3,(H,17,18)/b3-2+. The van der Waals surface area contributed by atoms with E-state index in [0.29, 0.717) is 37.4 Å². The number of morpholine rings is 1. The lowest BCUT2D eigenvalue weighted by atomic mass is 10.0. The predicted molar refractivity (Wildman–Crippen MR) is 74.6 cm³/mol. The van der Waals surface area contributed by atoms with Crippen LogP contribution in [0.25, 0.3) is 6.08 Å². The molecule has 0 spiro atoms. The molecule has 5 nitrogen and oxygen atoms in total. The highest BCUT2D eigenvalue weighted by Gasteiger charge is 2.18. The van der Waals surface area contributed by atoms with Crippen molar-refractivity contribution in [3.8, 4) is 0 Å². The molecule has 0 atom stereocenters. The largest absolute Gasteiger partial charge is 0.478 e. The van der Waals surface area contributed by atoms with E-state index in [2.05, 4.69) is 0 Å². The van der Waals surface area contributed by atoms with Gasteiger partial charge in [0, 0.05) is 24.7 Å². The highest BCUT2D eigenvalue weighted by molar-refractivity contribution is 5.95. The van der Waals surface area contributed by atoms with Gasteiger partial charge in [-0.05, 0) is 36.3 Å². The van der Waals surface area contributed by atoms with Gasteiger partial charge in [0.1, 0.15) is 0 Å². The molecular formula is C15H17NO4. The number of hydrogen-bond donors (Lipinski definition) is 1. The molecule has 0 saturated carbocycles. The molecule has 1 aromatic rings. The Labute approximate surface area is 117 Å². The Morgan fingerprint density at radius 3 is 2.60 bits per heavy atom. The molecule has 5 heteroatoms. The summed E-state index contributed by atoms with van der Waals surface area (Å²) in [5.74, 6) is -1.05. The summed E-state index contributed by atoms with van der Waals surface area (Å²) < 4.78 is 5.23. The van der Waals surface area contributed by atoms with Crippen molar-refractivity contribution < 1.29 is 19.4 Å². The average molecular weight is 275 g/mol. The first-order chi connectivity index (χ1) is 9.56. The minimum absolute atomic E-state index is 0.0398. The molecule has 0 aromatic heterocycles. The molecule has 1 fully saturated rings. The van der Waals surface area contributed by atoms with Crippen LogP contribution in [-0.4, -0.2) is 48.2 Å². The molecule has 1 aliphatic heterocycles. The Hall–Kier alpha value is -2.14. The number of ether oxygens (including phenoxy) is 1. The van der Waals surface area contributed by atoms with Gasteiger partial charge >= 0.3 is 5.97 Å². The normalized spacial score (nSPS) is 15.6. The molecule has 20 heavy (non-hydrogen) atoms. The summed E-state index contributed by atoms with van der Waals surface area (Å²) in [7, 11) is 0.